The Bertz CT molecular complexity index is 728. The van der Waals surface area contributed by atoms with Crippen LogP contribution in [0.2, 0.25) is 0 Å². The Morgan fingerprint density at radius 2 is 1.83 bits per heavy atom. The number of hydrogen-bond acceptors (Lipinski definition) is 3. The van der Waals surface area contributed by atoms with E-state index in [1.807, 2.05) is 42.5 Å². The molecular formula is C18H19NO4. The minimum Gasteiger partial charge on any atom is -0.492 e. The van der Waals surface area contributed by atoms with Crippen LogP contribution < -0.4 is 10.1 Å². The average molecular weight is 313 g/mol. The van der Waals surface area contributed by atoms with E-state index < -0.39 is 17.8 Å². The molecule has 1 saturated carbocycles. The van der Waals surface area contributed by atoms with Crippen LogP contribution in [0.4, 0.5) is 0 Å². The molecule has 2 aromatic rings. The summed E-state index contributed by atoms with van der Waals surface area (Å²) < 4.78 is 5.64. The maximum atomic E-state index is 11.9. The Labute approximate surface area is 134 Å². The lowest BCUT2D eigenvalue weighted by Gasteiger charge is -2.31. The zero-order chi connectivity index (χ0) is 16.2. The normalized spacial score (nSPS) is 19.8. The first-order valence-electron chi connectivity index (χ1n) is 7.77. The summed E-state index contributed by atoms with van der Waals surface area (Å²) in [5.74, 6) is -1.25. The highest BCUT2D eigenvalue weighted by atomic mass is 16.5. The standard InChI is InChI=1S/C18H19NO4/c20-17(15-7-8-16(15)18(21)22)19-9-10-23-14-6-5-12-3-1-2-4-13(12)11-14/h1-6,11,15-16H,7-10H2,(H,19,20)(H,21,22). The summed E-state index contributed by atoms with van der Waals surface area (Å²) in [6.45, 7) is 0.725. The van der Waals surface area contributed by atoms with E-state index in [0.717, 1.165) is 16.5 Å². The maximum absolute atomic E-state index is 11.9. The van der Waals surface area contributed by atoms with Gasteiger partial charge in [0.05, 0.1) is 18.4 Å². The molecule has 2 unspecified atom stereocenters. The van der Waals surface area contributed by atoms with Crippen molar-refractivity contribution in [2.75, 3.05) is 13.2 Å². The van der Waals surface area contributed by atoms with Crippen LogP contribution in [0, 0.1) is 11.8 Å². The minimum atomic E-state index is -0.885. The molecule has 0 radical (unpaired) electrons. The first kappa shape index (κ1) is 15.3. The molecule has 1 aliphatic carbocycles. The van der Waals surface area contributed by atoms with Gasteiger partial charge < -0.3 is 15.2 Å². The molecule has 2 atom stereocenters. The number of fused-ring (bicyclic) bond motifs is 1. The number of carboxylic acid groups (broad SMARTS) is 1. The number of benzene rings is 2. The third kappa shape index (κ3) is 3.44. The number of carbonyl (C=O) groups is 2. The molecule has 120 valence electrons. The van der Waals surface area contributed by atoms with Crippen molar-refractivity contribution in [2.45, 2.75) is 12.8 Å². The van der Waals surface area contributed by atoms with Crippen molar-refractivity contribution in [3.05, 3.63) is 42.5 Å². The Hall–Kier alpha value is -2.56. The van der Waals surface area contributed by atoms with Gasteiger partial charge in [-0.2, -0.15) is 0 Å². The van der Waals surface area contributed by atoms with E-state index in [2.05, 4.69) is 5.32 Å². The van der Waals surface area contributed by atoms with Gasteiger partial charge in [-0.3, -0.25) is 9.59 Å². The van der Waals surface area contributed by atoms with Gasteiger partial charge in [0.15, 0.2) is 0 Å². The molecule has 3 rings (SSSR count). The second kappa shape index (κ2) is 6.69. The maximum Gasteiger partial charge on any atom is 0.307 e. The second-order valence-electron chi connectivity index (χ2n) is 5.78. The quantitative estimate of drug-likeness (QED) is 0.803. The van der Waals surface area contributed by atoms with Gasteiger partial charge in [-0.25, -0.2) is 0 Å². The number of aliphatic carboxylic acids is 1. The fourth-order valence-electron chi connectivity index (χ4n) is 2.84. The van der Waals surface area contributed by atoms with E-state index in [1.54, 1.807) is 0 Å². The van der Waals surface area contributed by atoms with Crippen LogP contribution in [0.15, 0.2) is 42.5 Å². The van der Waals surface area contributed by atoms with Crippen LogP contribution in [0.25, 0.3) is 10.8 Å². The van der Waals surface area contributed by atoms with Gasteiger partial charge in [-0.15, -0.1) is 0 Å². The highest BCUT2D eigenvalue weighted by molar-refractivity contribution is 5.86. The predicted molar refractivity (Wildman–Crippen MR) is 86.3 cm³/mol. The van der Waals surface area contributed by atoms with Gasteiger partial charge in [0.1, 0.15) is 12.4 Å². The van der Waals surface area contributed by atoms with Gasteiger partial charge in [0.25, 0.3) is 0 Å². The molecule has 0 spiro atoms. The number of hydrogen-bond donors (Lipinski definition) is 2. The van der Waals surface area contributed by atoms with Gasteiger partial charge in [-0.05, 0) is 35.7 Å². The molecule has 2 N–H and O–H groups in total. The van der Waals surface area contributed by atoms with Crippen molar-refractivity contribution in [1.29, 1.82) is 0 Å². The van der Waals surface area contributed by atoms with Crippen molar-refractivity contribution < 1.29 is 19.4 Å². The molecule has 5 nitrogen and oxygen atoms in total. The fraction of sp³-hybridized carbons (Fsp3) is 0.333. The van der Waals surface area contributed by atoms with Crippen LogP contribution in [0.3, 0.4) is 0 Å². The van der Waals surface area contributed by atoms with Crippen molar-refractivity contribution >= 4 is 22.6 Å². The lowest BCUT2D eigenvalue weighted by Crippen LogP contribution is -2.44. The Morgan fingerprint density at radius 1 is 1.09 bits per heavy atom. The van der Waals surface area contributed by atoms with E-state index in [1.165, 1.54) is 0 Å². The first-order chi connectivity index (χ1) is 11.1. The third-order valence-electron chi connectivity index (χ3n) is 4.32. The van der Waals surface area contributed by atoms with Crippen LogP contribution in [-0.4, -0.2) is 30.1 Å². The number of amides is 1. The number of carbonyl (C=O) groups excluding carboxylic acids is 1. The monoisotopic (exact) mass is 313 g/mol. The molecule has 0 heterocycles. The van der Waals surface area contributed by atoms with Crippen molar-refractivity contribution in [3.63, 3.8) is 0 Å². The second-order valence-corrected chi connectivity index (χ2v) is 5.78. The molecule has 0 aromatic heterocycles. The highest BCUT2D eigenvalue weighted by Crippen LogP contribution is 2.34. The van der Waals surface area contributed by atoms with Gasteiger partial charge in [0.2, 0.25) is 5.91 Å². The molecule has 1 fully saturated rings. The number of rotatable bonds is 6. The van der Waals surface area contributed by atoms with Crippen LogP contribution >= 0.6 is 0 Å². The zero-order valence-corrected chi connectivity index (χ0v) is 12.7. The lowest BCUT2D eigenvalue weighted by molar-refractivity contribution is -0.152. The summed E-state index contributed by atoms with van der Waals surface area (Å²) in [6, 6.07) is 13.9. The predicted octanol–water partition coefficient (Wildman–Crippen LogP) is 2.45. The largest absolute Gasteiger partial charge is 0.492 e. The van der Waals surface area contributed by atoms with Gasteiger partial charge in [0, 0.05) is 0 Å². The molecule has 0 aliphatic heterocycles. The number of carboxylic acids is 1. The molecule has 1 amide bonds. The average Bonchev–Trinajstić information content (AvgIpc) is 2.49. The van der Waals surface area contributed by atoms with Crippen molar-refractivity contribution in [1.82, 2.24) is 5.32 Å². The summed E-state index contributed by atoms with van der Waals surface area (Å²) in [5, 5.41) is 14.0. The number of nitrogens with one attached hydrogen (secondary N) is 1. The first-order valence-corrected chi connectivity index (χ1v) is 7.77. The SMILES string of the molecule is O=C(O)C1CCC1C(=O)NCCOc1ccc2ccccc2c1. The van der Waals surface area contributed by atoms with Gasteiger partial charge in [-0.1, -0.05) is 30.3 Å². The molecule has 0 saturated heterocycles. The lowest BCUT2D eigenvalue weighted by atomic mass is 9.73. The van der Waals surface area contributed by atoms with Crippen LogP contribution in [0.1, 0.15) is 12.8 Å². The number of ether oxygens (including phenoxy) is 1. The molecule has 5 heteroatoms. The Kier molecular flexibility index (Phi) is 4.46. The molecule has 2 aromatic carbocycles. The van der Waals surface area contributed by atoms with E-state index in [9.17, 15) is 9.59 Å². The van der Waals surface area contributed by atoms with E-state index in [-0.39, 0.29) is 5.91 Å². The molecule has 0 bridgehead atoms. The Balaban J connectivity index is 1.45. The Morgan fingerprint density at radius 3 is 2.52 bits per heavy atom. The van der Waals surface area contributed by atoms with Crippen molar-refractivity contribution in [3.8, 4) is 5.75 Å². The third-order valence-corrected chi connectivity index (χ3v) is 4.32. The molecular weight excluding hydrogens is 294 g/mol. The molecule has 23 heavy (non-hydrogen) atoms. The van der Waals surface area contributed by atoms with E-state index in [0.29, 0.717) is 26.0 Å². The summed E-state index contributed by atoms with van der Waals surface area (Å²) >= 11 is 0. The van der Waals surface area contributed by atoms with E-state index in [4.69, 9.17) is 9.84 Å². The summed E-state index contributed by atoms with van der Waals surface area (Å²) in [7, 11) is 0. The highest BCUT2D eigenvalue weighted by Gasteiger charge is 2.41. The summed E-state index contributed by atoms with van der Waals surface area (Å²) in [6.07, 6.45) is 1.23. The van der Waals surface area contributed by atoms with Crippen LogP contribution in [-0.2, 0) is 9.59 Å². The summed E-state index contributed by atoms with van der Waals surface area (Å²) in [4.78, 5) is 22.8. The van der Waals surface area contributed by atoms with Crippen molar-refractivity contribution in [2.24, 2.45) is 11.8 Å². The topological polar surface area (TPSA) is 75.6 Å². The van der Waals surface area contributed by atoms with E-state index >= 15 is 0 Å². The fourth-order valence-corrected chi connectivity index (χ4v) is 2.84. The van der Waals surface area contributed by atoms with Crippen LogP contribution in [0.5, 0.6) is 5.75 Å². The van der Waals surface area contributed by atoms with Gasteiger partial charge >= 0.3 is 5.97 Å². The smallest absolute Gasteiger partial charge is 0.307 e. The summed E-state index contributed by atoms with van der Waals surface area (Å²) in [5.41, 5.74) is 0. The zero-order valence-electron chi connectivity index (χ0n) is 12.7. The molecule has 1 aliphatic rings. The minimum absolute atomic E-state index is 0.189.